The summed E-state index contributed by atoms with van der Waals surface area (Å²) in [6.45, 7) is 3.95. The molecule has 0 aliphatic heterocycles. The molecule has 2 aromatic heterocycles. The Morgan fingerprint density at radius 1 is 1.48 bits per heavy atom. The van der Waals surface area contributed by atoms with Crippen molar-refractivity contribution < 1.29 is 9.32 Å². The second kappa shape index (κ2) is 5.51. The third-order valence-corrected chi connectivity index (χ3v) is 3.20. The Labute approximate surface area is 120 Å². The van der Waals surface area contributed by atoms with Gasteiger partial charge in [-0.05, 0) is 18.8 Å². The minimum Gasteiger partial charge on any atom is -0.337 e. The first-order valence-corrected chi connectivity index (χ1v) is 6.90. The molecule has 0 aromatic carbocycles. The smallest absolute Gasteiger partial charge is 0.315 e. The fourth-order valence-electron chi connectivity index (χ4n) is 1.88. The Kier molecular flexibility index (Phi) is 3.55. The zero-order valence-electron chi connectivity index (χ0n) is 11.8. The standard InChI is InChI=1S/C12H17N7O2/c1-6(2)8(16-12(20)15-7-3-4-7)11-17-10(19-21-11)9-13-5-14-18-9/h5-8H,3-4H2,1-2H3,(H,13,14,18)(H2,15,16,20)/t8-/m1/s1. The molecule has 1 fully saturated rings. The predicted molar refractivity (Wildman–Crippen MR) is 71.9 cm³/mol. The van der Waals surface area contributed by atoms with Crippen LogP contribution in [0, 0.1) is 5.92 Å². The van der Waals surface area contributed by atoms with Crippen molar-refractivity contribution in [1.29, 1.82) is 0 Å². The highest BCUT2D eigenvalue weighted by Gasteiger charge is 2.28. The normalized spacial score (nSPS) is 16.0. The van der Waals surface area contributed by atoms with Crippen molar-refractivity contribution in [1.82, 2.24) is 36.0 Å². The SMILES string of the molecule is CC(C)[C@@H](NC(=O)NC1CC1)c1nc(-c2ncn[nH]2)no1. The lowest BCUT2D eigenvalue weighted by Crippen LogP contribution is -2.40. The molecule has 112 valence electrons. The van der Waals surface area contributed by atoms with Crippen molar-refractivity contribution in [2.45, 2.75) is 38.8 Å². The number of nitrogens with zero attached hydrogens (tertiary/aromatic N) is 4. The van der Waals surface area contributed by atoms with E-state index in [1.165, 1.54) is 6.33 Å². The fourth-order valence-corrected chi connectivity index (χ4v) is 1.88. The van der Waals surface area contributed by atoms with Gasteiger partial charge in [-0.25, -0.2) is 9.78 Å². The quantitative estimate of drug-likeness (QED) is 0.756. The molecule has 2 amide bonds. The maximum absolute atomic E-state index is 11.9. The molecule has 9 nitrogen and oxygen atoms in total. The number of carbonyl (C=O) groups is 1. The van der Waals surface area contributed by atoms with Gasteiger partial charge in [0.25, 0.3) is 0 Å². The molecule has 2 aromatic rings. The van der Waals surface area contributed by atoms with E-state index in [0.717, 1.165) is 12.8 Å². The number of H-pyrrole nitrogens is 1. The lowest BCUT2D eigenvalue weighted by Gasteiger charge is -2.18. The van der Waals surface area contributed by atoms with Gasteiger partial charge in [0.05, 0.1) is 0 Å². The lowest BCUT2D eigenvalue weighted by atomic mass is 10.0. The topological polar surface area (TPSA) is 122 Å². The number of hydrogen-bond acceptors (Lipinski definition) is 6. The van der Waals surface area contributed by atoms with Crippen LogP contribution in [0.15, 0.2) is 10.9 Å². The number of nitrogens with one attached hydrogen (secondary N) is 3. The summed E-state index contributed by atoms with van der Waals surface area (Å²) in [6, 6.07) is -0.270. The Morgan fingerprint density at radius 2 is 2.29 bits per heavy atom. The molecular weight excluding hydrogens is 274 g/mol. The number of rotatable bonds is 5. The number of carbonyl (C=O) groups excluding carboxylic acids is 1. The third-order valence-electron chi connectivity index (χ3n) is 3.20. The van der Waals surface area contributed by atoms with Gasteiger partial charge >= 0.3 is 6.03 Å². The van der Waals surface area contributed by atoms with Gasteiger partial charge in [-0.3, -0.25) is 5.10 Å². The molecule has 2 heterocycles. The van der Waals surface area contributed by atoms with Gasteiger partial charge in [0.2, 0.25) is 11.7 Å². The molecule has 0 radical (unpaired) electrons. The van der Waals surface area contributed by atoms with E-state index in [1.807, 2.05) is 13.8 Å². The molecule has 0 unspecified atom stereocenters. The van der Waals surface area contributed by atoms with Gasteiger partial charge in [-0.15, -0.1) is 0 Å². The summed E-state index contributed by atoms with van der Waals surface area (Å²) in [4.78, 5) is 20.1. The minimum absolute atomic E-state index is 0.109. The third kappa shape index (κ3) is 3.18. The van der Waals surface area contributed by atoms with E-state index >= 15 is 0 Å². The van der Waals surface area contributed by atoms with Crippen molar-refractivity contribution >= 4 is 6.03 Å². The molecule has 9 heteroatoms. The van der Waals surface area contributed by atoms with Crippen LogP contribution in [0.5, 0.6) is 0 Å². The van der Waals surface area contributed by atoms with Crippen LogP contribution < -0.4 is 10.6 Å². The summed E-state index contributed by atoms with van der Waals surface area (Å²) in [5, 5.41) is 16.0. The van der Waals surface area contributed by atoms with Crippen LogP contribution in [-0.4, -0.2) is 37.4 Å². The summed E-state index contributed by atoms with van der Waals surface area (Å²) < 4.78 is 5.24. The highest BCUT2D eigenvalue weighted by molar-refractivity contribution is 5.75. The van der Waals surface area contributed by atoms with E-state index in [9.17, 15) is 4.79 Å². The fraction of sp³-hybridized carbons (Fsp3) is 0.583. The average molecular weight is 291 g/mol. The van der Waals surface area contributed by atoms with E-state index in [2.05, 4.69) is 36.0 Å². The molecule has 1 saturated carbocycles. The molecule has 1 aliphatic carbocycles. The lowest BCUT2D eigenvalue weighted by molar-refractivity contribution is 0.224. The Balaban J connectivity index is 1.72. The Hall–Kier alpha value is -2.45. The summed E-state index contributed by atoms with van der Waals surface area (Å²) in [6.07, 6.45) is 3.44. The summed E-state index contributed by atoms with van der Waals surface area (Å²) in [5.41, 5.74) is 0. The number of amides is 2. The largest absolute Gasteiger partial charge is 0.337 e. The second-order valence-electron chi connectivity index (χ2n) is 5.40. The van der Waals surface area contributed by atoms with Crippen LogP contribution >= 0.6 is 0 Å². The average Bonchev–Trinajstić information content (AvgIpc) is 2.97. The second-order valence-corrected chi connectivity index (χ2v) is 5.40. The number of aromatic nitrogens is 5. The first-order valence-electron chi connectivity index (χ1n) is 6.90. The number of urea groups is 1. The summed E-state index contributed by atoms with van der Waals surface area (Å²) in [7, 11) is 0. The molecule has 3 rings (SSSR count). The molecule has 0 saturated heterocycles. The zero-order valence-corrected chi connectivity index (χ0v) is 11.8. The van der Waals surface area contributed by atoms with Crippen molar-refractivity contribution in [2.75, 3.05) is 0 Å². The van der Waals surface area contributed by atoms with Crippen LogP contribution in [0.3, 0.4) is 0 Å². The van der Waals surface area contributed by atoms with Crippen LogP contribution in [0.4, 0.5) is 4.79 Å². The number of aromatic amines is 1. The monoisotopic (exact) mass is 291 g/mol. The van der Waals surface area contributed by atoms with Gasteiger partial charge in [0.1, 0.15) is 12.4 Å². The highest BCUT2D eigenvalue weighted by atomic mass is 16.5. The van der Waals surface area contributed by atoms with Crippen molar-refractivity contribution in [3.8, 4) is 11.6 Å². The zero-order chi connectivity index (χ0) is 14.8. The first kappa shape index (κ1) is 13.5. The van der Waals surface area contributed by atoms with Crippen LogP contribution in [0.2, 0.25) is 0 Å². The van der Waals surface area contributed by atoms with Gasteiger partial charge < -0.3 is 15.2 Å². The van der Waals surface area contributed by atoms with Gasteiger partial charge in [-0.1, -0.05) is 19.0 Å². The van der Waals surface area contributed by atoms with Gasteiger partial charge in [0.15, 0.2) is 5.82 Å². The van der Waals surface area contributed by atoms with Crippen molar-refractivity contribution in [2.24, 2.45) is 5.92 Å². The first-order chi connectivity index (χ1) is 10.1. The van der Waals surface area contributed by atoms with Crippen molar-refractivity contribution in [3.63, 3.8) is 0 Å². The van der Waals surface area contributed by atoms with E-state index < -0.39 is 0 Å². The maximum atomic E-state index is 11.9. The summed E-state index contributed by atoms with van der Waals surface area (Å²) >= 11 is 0. The molecule has 1 aliphatic rings. The minimum atomic E-state index is -0.354. The number of hydrogen-bond donors (Lipinski definition) is 3. The van der Waals surface area contributed by atoms with Gasteiger partial charge in [0, 0.05) is 6.04 Å². The molecule has 21 heavy (non-hydrogen) atoms. The van der Waals surface area contributed by atoms with E-state index in [4.69, 9.17) is 4.52 Å². The molecule has 1 atom stereocenters. The van der Waals surface area contributed by atoms with E-state index in [1.54, 1.807) is 0 Å². The molecule has 3 N–H and O–H groups in total. The highest BCUT2D eigenvalue weighted by Crippen LogP contribution is 2.23. The molecule has 0 spiro atoms. The molecule has 0 bridgehead atoms. The van der Waals surface area contributed by atoms with Crippen LogP contribution in [0.1, 0.15) is 38.6 Å². The predicted octanol–water partition coefficient (Wildman–Crippen LogP) is 1.01. The summed E-state index contributed by atoms with van der Waals surface area (Å²) in [5.74, 6) is 1.20. The van der Waals surface area contributed by atoms with E-state index in [0.29, 0.717) is 23.6 Å². The van der Waals surface area contributed by atoms with E-state index in [-0.39, 0.29) is 18.0 Å². The Morgan fingerprint density at radius 3 is 2.90 bits per heavy atom. The maximum Gasteiger partial charge on any atom is 0.315 e. The Bertz CT molecular complexity index is 603. The molecular formula is C12H17N7O2. The van der Waals surface area contributed by atoms with Crippen molar-refractivity contribution in [3.05, 3.63) is 12.2 Å². The van der Waals surface area contributed by atoms with Crippen LogP contribution in [-0.2, 0) is 0 Å². The van der Waals surface area contributed by atoms with Crippen LogP contribution in [0.25, 0.3) is 11.6 Å². The van der Waals surface area contributed by atoms with Gasteiger partial charge in [-0.2, -0.15) is 10.1 Å².